The van der Waals surface area contributed by atoms with Crippen LogP contribution in [-0.4, -0.2) is 18.0 Å². The predicted molar refractivity (Wildman–Crippen MR) is 71.6 cm³/mol. The van der Waals surface area contributed by atoms with Crippen LogP contribution in [0.1, 0.15) is 16.7 Å². The lowest BCUT2D eigenvalue weighted by Crippen LogP contribution is -2.03. The van der Waals surface area contributed by atoms with Gasteiger partial charge in [-0.1, -0.05) is 35.0 Å². The predicted octanol–water partition coefficient (Wildman–Crippen LogP) is 3.23. The van der Waals surface area contributed by atoms with Crippen LogP contribution in [0.25, 0.3) is 0 Å². The van der Waals surface area contributed by atoms with E-state index in [-0.39, 0.29) is 0 Å². The quantitative estimate of drug-likeness (QED) is 0.509. The van der Waals surface area contributed by atoms with Gasteiger partial charge in [0, 0.05) is 11.1 Å². The van der Waals surface area contributed by atoms with Crippen LogP contribution in [0.5, 0.6) is 5.75 Å². The fourth-order valence-electron chi connectivity index (χ4n) is 1.74. The van der Waals surface area contributed by atoms with Gasteiger partial charge in [-0.05, 0) is 31.2 Å². The van der Waals surface area contributed by atoms with Crippen molar-refractivity contribution in [3.8, 4) is 5.75 Å². The highest BCUT2D eigenvalue weighted by atomic mass is 16.5. The molecule has 0 heterocycles. The van der Waals surface area contributed by atoms with Crippen molar-refractivity contribution in [3.05, 3.63) is 65.2 Å². The van der Waals surface area contributed by atoms with Crippen molar-refractivity contribution in [1.82, 2.24) is 0 Å². The molecule has 3 nitrogen and oxygen atoms in total. The first-order valence-electron chi connectivity index (χ1n) is 5.68. The van der Waals surface area contributed by atoms with Gasteiger partial charge in [0.25, 0.3) is 0 Å². The van der Waals surface area contributed by atoms with Crippen molar-refractivity contribution in [2.45, 2.75) is 6.92 Å². The summed E-state index contributed by atoms with van der Waals surface area (Å²) in [6, 6.07) is 15.3. The largest absolute Gasteiger partial charge is 0.497 e. The van der Waals surface area contributed by atoms with Crippen LogP contribution >= 0.6 is 0 Å². The van der Waals surface area contributed by atoms with Gasteiger partial charge in [0.2, 0.25) is 0 Å². The summed E-state index contributed by atoms with van der Waals surface area (Å²) in [5.41, 5.74) is 3.46. The van der Waals surface area contributed by atoms with Gasteiger partial charge in [-0.15, -0.1) is 0 Å². The number of aryl methyl sites for hydroxylation is 1. The minimum atomic E-state index is 0.553. The van der Waals surface area contributed by atoms with Crippen molar-refractivity contribution in [3.63, 3.8) is 0 Å². The molecule has 0 spiro atoms. The van der Waals surface area contributed by atoms with Crippen molar-refractivity contribution in [1.29, 1.82) is 0 Å². The highest BCUT2D eigenvalue weighted by Crippen LogP contribution is 2.16. The number of ether oxygens (including phenoxy) is 1. The molecule has 0 aromatic heterocycles. The monoisotopic (exact) mass is 241 g/mol. The zero-order chi connectivity index (χ0) is 13.0. The Morgan fingerprint density at radius 3 is 1.89 bits per heavy atom. The summed E-state index contributed by atoms with van der Waals surface area (Å²) in [7, 11) is 1.62. The first-order valence-corrected chi connectivity index (χ1v) is 5.68. The van der Waals surface area contributed by atoms with Crippen molar-refractivity contribution >= 4 is 5.71 Å². The maximum absolute atomic E-state index is 9.19. The number of hydrogen-bond donors (Lipinski definition) is 1. The Morgan fingerprint density at radius 2 is 1.44 bits per heavy atom. The molecular formula is C15H15NO2. The number of oxime groups is 1. The van der Waals surface area contributed by atoms with E-state index in [2.05, 4.69) is 5.16 Å². The Labute approximate surface area is 106 Å². The van der Waals surface area contributed by atoms with Crippen molar-refractivity contribution < 1.29 is 9.94 Å². The molecule has 0 aliphatic carbocycles. The van der Waals surface area contributed by atoms with Crippen LogP contribution in [-0.2, 0) is 0 Å². The summed E-state index contributed by atoms with van der Waals surface area (Å²) in [6.07, 6.45) is 0. The van der Waals surface area contributed by atoms with Gasteiger partial charge in [-0.25, -0.2) is 0 Å². The molecule has 0 atom stereocenters. The summed E-state index contributed by atoms with van der Waals surface area (Å²) < 4.78 is 5.10. The summed E-state index contributed by atoms with van der Waals surface area (Å²) in [5, 5.41) is 12.6. The van der Waals surface area contributed by atoms with E-state index in [4.69, 9.17) is 4.74 Å². The van der Waals surface area contributed by atoms with Crippen molar-refractivity contribution in [2.75, 3.05) is 7.11 Å². The molecule has 0 fully saturated rings. The molecule has 2 aromatic rings. The van der Waals surface area contributed by atoms with Gasteiger partial charge in [0.1, 0.15) is 11.5 Å². The fourth-order valence-corrected chi connectivity index (χ4v) is 1.74. The van der Waals surface area contributed by atoms with Crippen molar-refractivity contribution in [2.24, 2.45) is 5.16 Å². The average molecular weight is 241 g/mol. The average Bonchev–Trinajstić information content (AvgIpc) is 2.42. The molecule has 2 aromatic carbocycles. The second-order valence-electron chi connectivity index (χ2n) is 4.04. The first kappa shape index (κ1) is 12.2. The zero-order valence-corrected chi connectivity index (χ0v) is 10.4. The highest BCUT2D eigenvalue weighted by molar-refractivity contribution is 6.12. The van der Waals surface area contributed by atoms with Crippen LogP contribution < -0.4 is 4.74 Å². The van der Waals surface area contributed by atoms with Gasteiger partial charge in [0.15, 0.2) is 0 Å². The summed E-state index contributed by atoms with van der Waals surface area (Å²) in [5.74, 6) is 0.778. The van der Waals surface area contributed by atoms with E-state index in [9.17, 15) is 5.21 Å². The highest BCUT2D eigenvalue weighted by Gasteiger charge is 2.07. The first-order chi connectivity index (χ1) is 8.74. The second-order valence-corrected chi connectivity index (χ2v) is 4.04. The summed E-state index contributed by atoms with van der Waals surface area (Å²) in [6.45, 7) is 2.02. The van der Waals surface area contributed by atoms with Gasteiger partial charge in [-0.3, -0.25) is 0 Å². The van der Waals surface area contributed by atoms with Crippen LogP contribution in [0.3, 0.4) is 0 Å². The van der Waals surface area contributed by atoms with Crippen LogP contribution in [0, 0.1) is 6.92 Å². The normalized spacial score (nSPS) is 11.3. The SMILES string of the molecule is COc1ccc(C(=NO)c2ccc(C)cc2)cc1. The number of methoxy groups -OCH3 is 1. The Bertz CT molecular complexity index is 542. The molecule has 0 aliphatic heterocycles. The lowest BCUT2D eigenvalue weighted by molar-refractivity contribution is 0.319. The van der Waals surface area contributed by atoms with E-state index >= 15 is 0 Å². The lowest BCUT2D eigenvalue weighted by atomic mass is 10.0. The molecule has 2 rings (SSSR count). The van der Waals surface area contributed by atoms with E-state index in [1.807, 2.05) is 55.5 Å². The summed E-state index contributed by atoms with van der Waals surface area (Å²) >= 11 is 0. The van der Waals surface area contributed by atoms with E-state index in [1.165, 1.54) is 5.56 Å². The second kappa shape index (κ2) is 5.36. The van der Waals surface area contributed by atoms with Gasteiger partial charge in [0.05, 0.1) is 7.11 Å². The van der Waals surface area contributed by atoms with Gasteiger partial charge >= 0.3 is 0 Å². The molecular weight excluding hydrogens is 226 g/mol. The Kier molecular flexibility index (Phi) is 3.63. The molecule has 0 saturated carbocycles. The topological polar surface area (TPSA) is 41.8 Å². The smallest absolute Gasteiger partial charge is 0.118 e. The molecule has 18 heavy (non-hydrogen) atoms. The number of benzene rings is 2. The zero-order valence-electron chi connectivity index (χ0n) is 10.4. The van der Waals surface area contributed by atoms with E-state index in [0.717, 1.165) is 16.9 Å². The molecule has 1 N–H and O–H groups in total. The molecule has 0 radical (unpaired) electrons. The van der Waals surface area contributed by atoms with Crippen LogP contribution in [0.2, 0.25) is 0 Å². The molecule has 0 bridgehead atoms. The fraction of sp³-hybridized carbons (Fsp3) is 0.133. The summed E-state index contributed by atoms with van der Waals surface area (Å²) in [4.78, 5) is 0. The molecule has 3 heteroatoms. The lowest BCUT2D eigenvalue weighted by Gasteiger charge is -2.06. The Hall–Kier alpha value is -2.29. The third-order valence-corrected chi connectivity index (χ3v) is 2.79. The minimum absolute atomic E-state index is 0.553. The third kappa shape index (κ3) is 2.51. The van der Waals surface area contributed by atoms with E-state index in [0.29, 0.717) is 5.71 Å². The maximum Gasteiger partial charge on any atom is 0.118 e. The molecule has 92 valence electrons. The van der Waals surface area contributed by atoms with Crippen LogP contribution in [0.4, 0.5) is 0 Å². The number of rotatable bonds is 3. The van der Waals surface area contributed by atoms with E-state index < -0.39 is 0 Å². The van der Waals surface area contributed by atoms with Crippen LogP contribution in [0.15, 0.2) is 53.7 Å². The minimum Gasteiger partial charge on any atom is -0.497 e. The molecule has 0 aliphatic rings. The van der Waals surface area contributed by atoms with Gasteiger partial charge < -0.3 is 9.94 Å². The van der Waals surface area contributed by atoms with E-state index in [1.54, 1.807) is 7.11 Å². The molecule has 0 saturated heterocycles. The number of hydrogen-bond acceptors (Lipinski definition) is 3. The molecule has 0 unspecified atom stereocenters. The number of nitrogens with zero attached hydrogens (tertiary/aromatic N) is 1. The standard InChI is InChI=1S/C15H15NO2/c1-11-3-5-12(6-4-11)15(16-17)13-7-9-14(18-2)10-8-13/h3-10,17H,1-2H3. The Morgan fingerprint density at radius 1 is 0.944 bits per heavy atom. The maximum atomic E-state index is 9.19. The third-order valence-electron chi connectivity index (χ3n) is 2.79. The molecule has 0 amide bonds. The van der Waals surface area contributed by atoms with Gasteiger partial charge in [-0.2, -0.15) is 0 Å². The Balaban J connectivity index is 2.36.